The number of fused-ring (bicyclic) bond motifs is 1. The van der Waals surface area contributed by atoms with Gasteiger partial charge < -0.3 is 5.32 Å². The Hall–Kier alpha value is -5.66. The monoisotopic (exact) mass is 637 g/mol. The molecule has 0 aliphatic rings. The van der Waals surface area contributed by atoms with Gasteiger partial charge in [0.15, 0.2) is 5.82 Å². The average Bonchev–Trinajstić information content (AvgIpc) is 3.75. The zero-order valence-corrected chi connectivity index (χ0v) is 26.0. The molecular formula is C40H29F2N3OS. The number of benzene rings is 5. The normalized spacial score (nSPS) is 11.7. The van der Waals surface area contributed by atoms with Gasteiger partial charge >= 0.3 is 0 Å². The quantitative estimate of drug-likeness (QED) is 0.160. The van der Waals surface area contributed by atoms with Crippen molar-refractivity contribution in [2.24, 2.45) is 0 Å². The maximum absolute atomic E-state index is 16.8. The first-order valence-corrected chi connectivity index (χ1v) is 16.1. The summed E-state index contributed by atoms with van der Waals surface area (Å²) in [6.45, 7) is 0. The van der Waals surface area contributed by atoms with Gasteiger partial charge in [-0.15, -0.1) is 11.3 Å². The summed E-state index contributed by atoms with van der Waals surface area (Å²) < 4.78 is 32.8. The van der Waals surface area contributed by atoms with Gasteiger partial charge in [0.25, 0.3) is 0 Å². The van der Waals surface area contributed by atoms with Crippen molar-refractivity contribution in [1.29, 1.82) is 0 Å². The maximum Gasteiger partial charge on any atom is 0.229 e. The van der Waals surface area contributed by atoms with E-state index in [0.29, 0.717) is 16.8 Å². The van der Waals surface area contributed by atoms with Crippen molar-refractivity contribution in [2.75, 3.05) is 5.32 Å². The Balaban J connectivity index is 1.49. The van der Waals surface area contributed by atoms with Crippen molar-refractivity contribution in [1.82, 2.24) is 9.78 Å². The van der Waals surface area contributed by atoms with Crippen LogP contribution in [-0.2, 0) is 16.8 Å². The van der Waals surface area contributed by atoms with Crippen LogP contribution in [0.2, 0.25) is 0 Å². The highest BCUT2D eigenvalue weighted by atomic mass is 32.1. The van der Waals surface area contributed by atoms with Crippen LogP contribution >= 0.6 is 11.3 Å². The van der Waals surface area contributed by atoms with E-state index in [-0.39, 0.29) is 29.2 Å². The second kappa shape index (κ2) is 13.0. The minimum atomic E-state index is -1.01. The molecule has 7 heteroatoms. The largest absolute Gasteiger partial charge is 0.323 e. The van der Waals surface area contributed by atoms with Crippen molar-refractivity contribution in [3.8, 4) is 0 Å². The molecule has 2 aromatic heterocycles. The van der Waals surface area contributed by atoms with Crippen LogP contribution < -0.4 is 5.32 Å². The Kier molecular flexibility index (Phi) is 8.29. The molecule has 0 atom stereocenters. The summed E-state index contributed by atoms with van der Waals surface area (Å²) in [6, 6.07) is 43.4. The third kappa shape index (κ3) is 5.77. The van der Waals surface area contributed by atoms with Gasteiger partial charge in [-0.3, -0.25) is 4.79 Å². The Labute approximate surface area is 275 Å². The lowest BCUT2D eigenvalue weighted by Crippen LogP contribution is -2.38. The van der Waals surface area contributed by atoms with Crippen LogP contribution in [0, 0.1) is 11.6 Å². The Morgan fingerprint density at radius 2 is 1.38 bits per heavy atom. The standard InChI is InChI=1S/C40H29F2N3OS/c41-32-19-10-12-28(26-32)21-22-34-38-36(24-23-35(39(38)42)43-37(46)27-33-20-11-25-47-33)45(44-34)40(29-13-4-1-5-14-29,30-15-6-2-7-16-30)31-17-8-3-9-18-31/h1-26H,27H2,(H,43,46)/b22-21+. The van der Waals surface area contributed by atoms with E-state index in [1.807, 2.05) is 113 Å². The molecule has 7 aromatic rings. The maximum atomic E-state index is 16.8. The third-order valence-electron chi connectivity index (χ3n) is 8.18. The average molecular weight is 638 g/mol. The van der Waals surface area contributed by atoms with Gasteiger partial charge in [0.1, 0.15) is 11.4 Å². The number of halogens is 2. The van der Waals surface area contributed by atoms with Crippen molar-refractivity contribution in [2.45, 2.75) is 12.0 Å². The second-order valence-corrected chi connectivity index (χ2v) is 12.2. The van der Waals surface area contributed by atoms with E-state index in [9.17, 15) is 9.18 Å². The van der Waals surface area contributed by atoms with Gasteiger partial charge in [0.05, 0.1) is 28.7 Å². The van der Waals surface area contributed by atoms with Gasteiger partial charge in [0, 0.05) is 4.88 Å². The van der Waals surface area contributed by atoms with Crippen LogP contribution in [0.15, 0.2) is 145 Å². The van der Waals surface area contributed by atoms with Gasteiger partial charge in [-0.25, -0.2) is 13.5 Å². The van der Waals surface area contributed by atoms with E-state index in [2.05, 4.69) is 5.32 Å². The highest BCUT2D eigenvalue weighted by Gasteiger charge is 2.41. The molecular weight excluding hydrogens is 609 g/mol. The number of nitrogens with zero attached hydrogens (tertiary/aromatic N) is 2. The number of thiophene rings is 1. The first-order valence-electron chi connectivity index (χ1n) is 15.2. The summed E-state index contributed by atoms with van der Waals surface area (Å²) in [5.41, 5.74) is 3.29. The summed E-state index contributed by atoms with van der Waals surface area (Å²) in [6.07, 6.45) is 3.55. The predicted molar refractivity (Wildman–Crippen MR) is 186 cm³/mol. The van der Waals surface area contributed by atoms with Gasteiger partial charge in [0.2, 0.25) is 5.91 Å². The number of carbonyl (C=O) groups is 1. The van der Waals surface area contributed by atoms with Crippen LogP contribution in [0.25, 0.3) is 23.1 Å². The Morgan fingerprint density at radius 1 is 0.745 bits per heavy atom. The number of carbonyl (C=O) groups excluding carboxylic acids is 1. The summed E-state index contributed by atoms with van der Waals surface area (Å²) >= 11 is 1.47. The topological polar surface area (TPSA) is 46.9 Å². The zero-order valence-electron chi connectivity index (χ0n) is 25.2. The molecule has 1 N–H and O–H groups in total. The Morgan fingerprint density at radius 3 is 1.96 bits per heavy atom. The molecule has 0 spiro atoms. The minimum Gasteiger partial charge on any atom is -0.323 e. The number of hydrogen-bond donors (Lipinski definition) is 1. The lowest BCUT2D eigenvalue weighted by atomic mass is 9.77. The van der Waals surface area contributed by atoms with Gasteiger partial charge in [-0.2, -0.15) is 5.10 Å². The molecule has 0 aliphatic carbocycles. The van der Waals surface area contributed by atoms with E-state index in [1.165, 1.54) is 23.5 Å². The molecule has 0 radical (unpaired) electrons. The zero-order chi connectivity index (χ0) is 32.2. The molecule has 0 unspecified atom stereocenters. The molecule has 0 aliphatic heterocycles. The molecule has 7 rings (SSSR count). The van der Waals surface area contributed by atoms with Gasteiger partial charge in [-0.05, 0) is 64.0 Å². The highest BCUT2D eigenvalue weighted by molar-refractivity contribution is 7.10. The molecule has 0 saturated carbocycles. The lowest BCUT2D eigenvalue weighted by Gasteiger charge is -2.37. The fourth-order valence-electron chi connectivity index (χ4n) is 6.12. The Bertz CT molecular complexity index is 2080. The van der Waals surface area contributed by atoms with Crippen molar-refractivity contribution >= 4 is 46.0 Å². The number of hydrogen-bond acceptors (Lipinski definition) is 3. The number of anilines is 1. The molecule has 4 nitrogen and oxygen atoms in total. The summed E-state index contributed by atoms with van der Waals surface area (Å²) in [5.74, 6) is -1.29. The molecule has 0 saturated heterocycles. The van der Waals surface area contributed by atoms with Crippen LogP contribution in [0.3, 0.4) is 0 Å². The molecule has 5 aromatic carbocycles. The SMILES string of the molecule is O=C(Cc1cccs1)Nc1ccc2c(c(/C=C/c3cccc(F)c3)nn2C(c2ccccc2)(c2ccccc2)c2ccccc2)c1F. The smallest absolute Gasteiger partial charge is 0.229 e. The van der Waals surface area contributed by atoms with Crippen molar-refractivity contribution in [3.05, 3.63) is 189 Å². The summed E-state index contributed by atoms with van der Waals surface area (Å²) in [4.78, 5) is 13.9. The number of rotatable bonds is 9. The van der Waals surface area contributed by atoms with E-state index in [0.717, 1.165) is 21.6 Å². The molecule has 0 bridgehead atoms. The van der Waals surface area contributed by atoms with E-state index >= 15 is 4.39 Å². The molecule has 1 amide bonds. The summed E-state index contributed by atoms with van der Waals surface area (Å²) in [5, 5.41) is 10.1. The summed E-state index contributed by atoms with van der Waals surface area (Å²) in [7, 11) is 0. The molecule has 47 heavy (non-hydrogen) atoms. The van der Waals surface area contributed by atoms with Gasteiger partial charge in [-0.1, -0.05) is 115 Å². The molecule has 230 valence electrons. The number of aromatic nitrogens is 2. The van der Waals surface area contributed by atoms with E-state index < -0.39 is 11.4 Å². The number of nitrogens with one attached hydrogen (secondary N) is 1. The van der Waals surface area contributed by atoms with Crippen LogP contribution in [-0.4, -0.2) is 15.7 Å². The fourth-order valence-corrected chi connectivity index (χ4v) is 6.83. The van der Waals surface area contributed by atoms with E-state index in [1.54, 1.807) is 36.4 Å². The third-order valence-corrected chi connectivity index (χ3v) is 9.05. The fraction of sp³-hybridized carbons (Fsp3) is 0.0500. The lowest BCUT2D eigenvalue weighted by molar-refractivity contribution is -0.115. The predicted octanol–water partition coefficient (Wildman–Crippen LogP) is 9.57. The molecule has 2 heterocycles. The minimum absolute atomic E-state index is 0.0590. The van der Waals surface area contributed by atoms with E-state index in [4.69, 9.17) is 5.10 Å². The second-order valence-electron chi connectivity index (χ2n) is 11.1. The number of amides is 1. The highest BCUT2D eigenvalue weighted by Crippen LogP contribution is 2.43. The van der Waals surface area contributed by atoms with Crippen molar-refractivity contribution < 1.29 is 13.6 Å². The first kappa shape index (κ1) is 30.0. The first-order chi connectivity index (χ1) is 23.0. The van der Waals surface area contributed by atoms with Crippen LogP contribution in [0.4, 0.5) is 14.5 Å². The molecule has 0 fully saturated rings. The van der Waals surface area contributed by atoms with Crippen molar-refractivity contribution in [3.63, 3.8) is 0 Å². The van der Waals surface area contributed by atoms with Crippen LogP contribution in [0.5, 0.6) is 0 Å². The van der Waals surface area contributed by atoms with Crippen LogP contribution in [0.1, 0.15) is 32.8 Å².